The van der Waals surface area contributed by atoms with Gasteiger partial charge in [-0.2, -0.15) is 0 Å². The second-order valence-electron chi connectivity index (χ2n) is 0.224. The first-order valence-corrected chi connectivity index (χ1v) is 3.24. The van der Waals surface area contributed by atoms with Crippen molar-refractivity contribution in [3.63, 3.8) is 0 Å². The molecule has 0 aliphatic heterocycles. The molecule has 0 spiro atoms. The molecule has 0 rings (SSSR count). The summed E-state index contributed by atoms with van der Waals surface area (Å²) in [5, 5.41) is 0. The van der Waals surface area contributed by atoms with Crippen LogP contribution in [0.15, 0.2) is 0 Å². The van der Waals surface area contributed by atoms with Crippen LogP contribution in [0.5, 0.6) is 0 Å². The van der Waals surface area contributed by atoms with Crippen LogP contribution in [0, 0.1) is 0 Å². The van der Waals surface area contributed by atoms with Gasteiger partial charge in [0.05, 0.1) is 0 Å². The Kier molecular flexibility index (Phi) is 11.3. The minimum absolute atomic E-state index is 0. The van der Waals surface area contributed by atoms with E-state index in [1.807, 2.05) is 0 Å². The van der Waals surface area contributed by atoms with E-state index in [-0.39, 0.29) is 48.9 Å². The van der Waals surface area contributed by atoms with Gasteiger partial charge < -0.3 is 0 Å². The average molecular weight is 280 g/mol. The zero-order valence-corrected chi connectivity index (χ0v) is 3.87. The Morgan fingerprint density at radius 2 is 1.00 bits per heavy atom. The van der Waals surface area contributed by atoms with Gasteiger partial charge in [0.1, 0.15) is 0 Å². The summed E-state index contributed by atoms with van der Waals surface area (Å²) in [6, 6.07) is 0. The van der Waals surface area contributed by atoms with Gasteiger partial charge in [0, 0.05) is 0 Å². The predicted octanol–water partition coefficient (Wildman–Crippen LogP) is -1.28. The second kappa shape index (κ2) is 5.71. The summed E-state index contributed by atoms with van der Waals surface area (Å²) in [7, 11) is 0. The predicted molar refractivity (Wildman–Crippen MR) is 10.6 cm³/mol. The first-order chi connectivity index (χ1) is 1.73. The Hall–Kier alpha value is 1.71. The Balaban J connectivity index is 0. The Labute approximate surface area is 75.3 Å². The first-order valence-electron chi connectivity index (χ1n) is 0.548. The van der Waals surface area contributed by atoms with Crippen molar-refractivity contribution in [2.45, 2.75) is 0 Å². The van der Waals surface area contributed by atoms with Crippen molar-refractivity contribution in [1.29, 1.82) is 0 Å². The van der Waals surface area contributed by atoms with E-state index in [1.54, 1.807) is 0 Å². The van der Waals surface area contributed by atoms with Crippen LogP contribution in [0.25, 0.3) is 0 Å². The maximum absolute atomic E-state index is 8.60. The Morgan fingerprint density at radius 3 is 1.00 bits per heavy atom. The molecule has 0 aliphatic rings. The summed E-state index contributed by atoms with van der Waals surface area (Å²) >= 11 is -4.20. The zero-order chi connectivity index (χ0) is 3.58. The molecule has 5 heteroatoms. The zero-order valence-electron chi connectivity index (χ0n) is 1.67. The van der Waals surface area contributed by atoms with Crippen LogP contribution in [-0.2, 0) is 28.1 Å². The SMILES string of the molecule is [BaH2].[O]=[Nb](=[O])=[O]. The van der Waals surface area contributed by atoms with Crippen molar-refractivity contribution in [2.24, 2.45) is 0 Å². The van der Waals surface area contributed by atoms with Gasteiger partial charge in [-0.3, -0.25) is 0 Å². The van der Waals surface area contributed by atoms with Gasteiger partial charge in [-0.25, -0.2) is 0 Å². The topological polar surface area (TPSA) is 51.2 Å². The molecule has 0 saturated heterocycles. The fraction of sp³-hybridized carbons (Fsp3) is 0. The van der Waals surface area contributed by atoms with E-state index in [0.29, 0.717) is 0 Å². The van der Waals surface area contributed by atoms with Crippen LogP contribution in [-0.4, -0.2) is 48.9 Å². The van der Waals surface area contributed by atoms with Gasteiger partial charge in [-0.05, 0) is 0 Å². The minimum atomic E-state index is -4.20. The monoisotopic (exact) mass is 281 g/mol. The van der Waals surface area contributed by atoms with E-state index in [9.17, 15) is 0 Å². The van der Waals surface area contributed by atoms with Crippen molar-refractivity contribution >= 4 is 48.9 Å². The van der Waals surface area contributed by atoms with E-state index in [4.69, 9.17) is 9.75 Å². The number of rotatable bonds is 0. The van der Waals surface area contributed by atoms with Gasteiger partial charge in [-0.15, -0.1) is 0 Å². The number of hydrogen-bond acceptors (Lipinski definition) is 3. The second-order valence-corrected chi connectivity index (χ2v) is 1.32. The third kappa shape index (κ3) is 26.9. The van der Waals surface area contributed by atoms with Crippen LogP contribution in [0.3, 0.4) is 0 Å². The molecule has 0 N–H and O–H groups in total. The van der Waals surface area contributed by atoms with Gasteiger partial charge in [0.15, 0.2) is 0 Å². The van der Waals surface area contributed by atoms with Crippen LogP contribution in [0.1, 0.15) is 0 Å². The molecular formula is H2BaNbO3. The van der Waals surface area contributed by atoms with Crippen LogP contribution in [0.2, 0.25) is 0 Å². The maximum atomic E-state index is 8.60. The van der Waals surface area contributed by atoms with E-state index < -0.39 is 18.4 Å². The van der Waals surface area contributed by atoms with E-state index in [1.165, 1.54) is 0 Å². The van der Waals surface area contributed by atoms with Crippen LogP contribution < -0.4 is 0 Å². The Morgan fingerprint density at radius 1 is 1.00 bits per heavy atom. The molecule has 3 nitrogen and oxygen atoms in total. The fourth-order valence-corrected chi connectivity index (χ4v) is 0. The van der Waals surface area contributed by atoms with Crippen LogP contribution >= 0.6 is 0 Å². The summed E-state index contributed by atoms with van der Waals surface area (Å²) in [6.45, 7) is 0. The normalized spacial score (nSPS) is 4.80. The molecule has 0 aromatic rings. The standard InChI is InChI=1S/Ba.Nb.3O.2H. The summed E-state index contributed by atoms with van der Waals surface area (Å²) in [6.07, 6.45) is 0. The van der Waals surface area contributed by atoms with E-state index in [2.05, 4.69) is 0 Å². The summed E-state index contributed by atoms with van der Waals surface area (Å²) in [4.78, 5) is 0. The first kappa shape index (κ1) is 9.86. The van der Waals surface area contributed by atoms with Gasteiger partial charge >= 0.3 is 77.0 Å². The summed E-state index contributed by atoms with van der Waals surface area (Å²) in [5.74, 6) is 0. The molecule has 0 atom stereocenters. The van der Waals surface area contributed by atoms with Gasteiger partial charge in [-0.1, -0.05) is 0 Å². The summed E-state index contributed by atoms with van der Waals surface area (Å²) in [5.41, 5.74) is 0. The third-order valence-corrected chi connectivity index (χ3v) is 0. The molecule has 0 fully saturated rings. The van der Waals surface area contributed by atoms with Crippen molar-refractivity contribution in [2.75, 3.05) is 0 Å². The molecule has 0 saturated carbocycles. The molecule has 0 unspecified atom stereocenters. The Bertz CT molecular complexity index is 76.3. The molecule has 27 valence electrons. The molecule has 0 heterocycles. The molecule has 0 aliphatic carbocycles. The number of hydrogen-bond donors (Lipinski definition) is 0. The van der Waals surface area contributed by atoms with E-state index >= 15 is 0 Å². The summed E-state index contributed by atoms with van der Waals surface area (Å²) < 4.78 is 25.8. The third-order valence-electron chi connectivity index (χ3n) is 0. The van der Waals surface area contributed by atoms with Crippen molar-refractivity contribution < 1.29 is 28.1 Å². The van der Waals surface area contributed by atoms with Crippen molar-refractivity contribution in [1.82, 2.24) is 0 Å². The molecule has 5 heavy (non-hydrogen) atoms. The molecule has 0 aromatic carbocycles. The molecule has 0 aromatic heterocycles. The van der Waals surface area contributed by atoms with Crippen molar-refractivity contribution in [3.05, 3.63) is 0 Å². The van der Waals surface area contributed by atoms with E-state index in [0.717, 1.165) is 0 Å². The molecular weight excluding hydrogens is 278 g/mol. The molecule has 0 radical (unpaired) electrons. The van der Waals surface area contributed by atoms with Crippen molar-refractivity contribution in [3.8, 4) is 0 Å². The average Bonchev–Trinajstić information content (AvgIpc) is 0.811. The van der Waals surface area contributed by atoms with Gasteiger partial charge in [0.25, 0.3) is 0 Å². The quantitative estimate of drug-likeness (QED) is 0.520. The molecule has 0 amide bonds. The molecule has 0 bridgehead atoms. The van der Waals surface area contributed by atoms with Gasteiger partial charge in [0.2, 0.25) is 0 Å². The fourth-order valence-electron chi connectivity index (χ4n) is 0. The van der Waals surface area contributed by atoms with Crippen LogP contribution in [0.4, 0.5) is 0 Å².